The van der Waals surface area contributed by atoms with Crippen LogP contribution in [-0.2, 0) is 11.3 Å². The van der Waals surface area contributed by atoms with Crippen LogP contribution < -0.4 is 5.63 Å². The van der Waals surface area contributed by atoms with Gasteiger partial charge in [-0.05, 0) is 12.1 Å². The highest BCUT2D eigenvalue weighted by Crippen LogP contribution is 2.03. The summed E-state index contributed by atoms with van der Waals surface area (Å²) < 4.78 is 9.33. The van der Waals surface area contributed by atoms with Crippen LogP contribution in [0.3, 0.4) is 0 Å². The molecule has 1 aromatic rings. The van der Waals surface area contributed by atoms with Crippen molar-refractivity contribution in [3.63, 3.8) is 0 Å². The van der Waals surface area contributed by atoms with Gasteiger partial charge in [0.05, 0.1) is 0 Å². The van der Waals surface area contributed by atoms with Gasteiger partial charge < -0.3 is 14.3 Å². The van der Waals surface area contributed by atoms with Crippen LogP contribution in [0.15, 0.2) is 21.3 Å². The molecule has 0 amide bonds. The van der Waals surface area contributed by atoms with Crippen molar-refractivity contribution in [1.82, 2.24) is 0 Å². The molecule has 0 aliphatic carbocycles. The maximum Gasteiger partial charge on any atom is 0.378 e. The fourth-order valence-corrected chi connectivity index (χ4v) is 0.665. The monoisotopic (exact) mass is 156 g/mol. The second kappa shape index (κ2) is 3.21. The Morgan fingerprint density at radius 2 is 2.36 bits per heavy atom. The third-order valence-corrected chi connectivity index (χ3v) is 1.15. The molecule has 1 aromatic heterocycles. The Morgan fingerprint density at radius 1 is 1.64 bits per heavy atom. The molecule has 0 unspecified atom stereocenters. The van der Waals surface area contributed by atoms with E-state index in [0.29, 0.717) is 5.76 Å². The van der Waals surface area contributed by atoms with Crippen LogP contribution in [0.2, 0.25) is 0 Å². The molecule has 4 nitrogen and oxygen atoms in total. The smallest absolute Gasteiger partial charge is 0.378 e. The van der Waals surface area contributed by atoms with Crippen molar-refractivity contribution < 1.29 is 14.3 Å². The maximum absolute atomic E-state index is 10.6. The SMILES string of the molecule is COCc1ccc(O)c(=O)o1. The lowest BCUT2D eigenvalue weighted by molar-refractivity contribution is 0.159. The van der Waals surface area contributed by atoms with Crippen LogP contribution in [-0.4, -0.2) is 12.2 Å². The summed E-state index contributed by atoms with van der Waals surface area (Å²) in [6, 6.07) is 2.76. The second-order valence-corrected chi connectivity index (χ2v) is 2.01. The molecule has 1 rings (SSSR count). The summed E-state index contributed by atoms with van der Waals surface area (Å²) in [5, 5.41) is 8.76. The van der Waals surface area contributed by atoms with Crippen LogP contribution >= 0.6 is 0 Å². The Morgan fingerprint density at radius 3 is 2.91 bits per heavy atom. The number of aromatic hydroxyl groups is 1. The maximum atomic E-state index is 10.6. The van der Waals surface area contributed by atoms with E-state index in [4.69, 9.17) is 9.84 Å². The molecular formula is C7H8O4. The lowest BCUT2D eigenvalue weighted by Crippen LogP contribution is -2.00. The average molecular weight is 156 g/mol. The second-order valence-electron chi connectivity index (χ2n) is 2.01. The van der Waals surface area contributed by atoms with E-state index in [1.165, 1.54) is 19.2 Å². The molecule has 0 spiro atoms. The van der Waals surface area contributed by atoms with Crippen molar-refractivity contribution in [2.75, 3.05) is 7.11 Å². The summed E-state index contributed by atoms with van der Waals surface area (Å²) in [4.78, 5) is 10.6. The molecule has 0 saturated heterocycles. The summed E-state index contributed by atoms with van der Waals surface area (Å²) in [6.45, 7) is 0.232. The fraction of sp³-hybridized carbons (Fsp3) is 0.286. The van der Waals surface area contributed by atoms with Gasteiger partial charge in [0.15, 0.2) is 0 Å². The van der Waals surface area contributed by atoms with Gasteiger partial charge in [-0.25, -0.2) is 4.79 Å². The average Bonchev–Trinajstić information content (AvgIpc) is 1.98. The molecular weight excluding hydrogens is 148 g/mol. The predicted molar refractivity (Wildman–Crippen MR) is 37.4 cm³/mol. The molecule has 0 saturated carbocycles. The van der Waals surface area contributed by atoms with E-state index in [1.54, 1.807) is 0 Å². The zero-order valence-corrected chi connectivity index (χ0v) is 6.03. The van der Waals surface area contributed by atoms with Crippen molar-refractivity contribution in [2.24, 2.45) is 0 Å². The highest BCUT2D eigenvalue weighted by Gasteiger charge is 1.99. The topological polar surface area (TPSA) is 59.7 Å². The van der Waals surface area contributed by atoms with Gasteiger partial charge in [-0.2, -0.15) is 0 Å². The third-order valence-electron chi connectivity index (χ3n) is 1.15. The van der Waals surface area contributed by atoms with Gasteiger partial charge in [-0.3, -0.25) is 0 Å². The molecule has 0 atom stereocenters. The van der Waals surface area contributed by atoms with Gasteiger partial charge in [0, 0.05) is 7.11 Å². The Kier molecular flexibility index (Phi) is 2.28. The van der Waals surface area contributed by atoms with Gasteiger partial charge in [0.2, 0.25) is 5.75 Å². The third kappa shape index (κ3) is 1.81. The van der Waals surface area contributed by atoms with Gasteiger partial charge in [0.25, 0.3) is 0 Å². The molecule has 4 heteroatoms. The summed E-state index contributed by atoms with van der Waals surface area (Å²) in [5.74, 6) is 0.0140. The van der Waals surface area contributed by atoms with E-state index in [-0.39, 0.29) is 12.4 Å². The first-order valence-electron chi connectivity index (χ1n) is 3.05. The van der Waals surface area contributed by atoms with Crippen LogP contribution in [0.1, 0.15) is 5.76 Å². The number of ether oxygens (including phenoxy) is 1. The Hall–Kier alpha value is -1.29. The molecule has 0 bridgehead atoms. The van der Waals surface area contributed by atoms with Crippen molar-refractivity contribution in [1.29, 1.82) is 0 Å². The summed E-state index contributed by atoms with van der Waals surface area (Å²) in [7, 11) is 1.49. The van der Waals surface area contributed by atoms with Crippen molar-refractivity contribution in [3.05, 3.63) is 28.3 Å². The molecule has 0 aromatic carbocycles. The molecule has 60 valence electrons. The van der Waals surface area contributed by atoms with E-state index >= 15 is 0 Å². The summed E-state index contributed by atoms with van der Waals surface area (Å²) >= 11 is 0. The minimum absolute atomic E-state index is 0.232. The quantitative estimate of drug-likeness (QED) is 0.677. The predicted octanol–water partition coefficient (Wildman–Crippen LogP) is 0.492. The fourth-order valence-electron chi connectivity index (χ4n) is 0.665. The molecule has 0 aliphatic heterocycles. The van der Waals surface area contributed by atoms with Crippen molar-refractivity contribution in [2.45, 2.75) is 6.61 Å². The Balaban J connectivity index is 2.96. The Bertz CT molecular complexity index is 289. The van der Waals surface area contributed by atoms with Gasteiger partial charge >= 0.3 is 5.63 Å². The van der Waals surface area contributed by atoms with Gasteiger partial charge in [-0.15, -0.1) is 0 Å². The molecule has 11 heavy (non-hydrogen) atoms. The first kappa shape index (κ1) is 7.81. The summed E-state index contributed by atoms with van der Waals surface area (Å²) in [5.41, 5.74) is -0.737. The van der Waals surface area contributed by atoms with Crippen LogP contribution in [0, 0.1) is 0 Å². The van der Waals surface area contributed by atoms with Gasteiger partial charge in [-0.1, -0.05) is 0 Å². The number of hydrogen-bond donors (Lipinski definition) is 1. The standard InChI is InChI=1S/C7H8O4/c1-10-4-5-2-3-6(8)7(9)11-5/h2-3,8H,4H2,1H3. The van der Waals surface area contributed by atoms with E-state index in [1.807, 2.05) is 0 Å². The zero-order chi connectivity index (χ0) is 8.27. The number of rotatable bonds is 2. The minimum Gasteiger partial charge on any atom is -0.502 e. The first-order valence-corrected chi connectivity index (χ1v) is 3.05. The highest BCUT2D eigenvalue weighted by molar-refractivity contribution is 5.14. The molecule has 1 N–H and O–H groups in total. The van der Waals surface area contributed by atoms with E-state index in [0.717, 1.165) is 0 Å². The van der Waals surface area contributed by atoms with Crippen molar-refractivity contribution >= 4 is 0 Å². The van der Waals surface area contributed by atoms with Crippen molar-refractivity contribution in [3.8, 4) is 5.75 Å². The zero-order valence-electron chi connectivity index (χ0n) is 6.03. The van der Waals surface area contributed by atoms with E-state index in [9.17, 15) is 4.79 Å². The number of hydrogen-bond acceptors (Lipinski definition) is 4. The molecule has 0 radical (unpaired) electrons. The largest absolute Gasteiger partial charge is 0.502 e. The summed E-state index contributed by atoms with van der Waals surface area (Å²) in [6.07, 6.45) is 0. The lowest BCUT2D eigenvalue weighted by atomic mass is 10.4. The normalized spacial score (nSPS) is 9.91. The number of methoxy groups -OCH3 is 1. The van der Waals surface area contributed by atoms with Crippen LogP contribution in [0.5, 0.6) is 5.75 Å². The lowest BCUT2D eigenvalue weighted by Gasteiger charge is -1.96. The first-order chi connectivity index (χ1) is 5.24. The minimum atomic E-state index is -0.737. The van der Waals surface area contributed by atoms with Gasteiger partial charge in [0.1, 0.15) is 12.4 Å². The van der Waals surface area contributed by atoms with E-state index in [2.05, 4.69) is 4.42 Å². The Labute approximate surface area is 63.0 Å². The molecule has 1 heterocycles. The van der Waals surface area contributed by atoms with E-state index < -0.39 is 5.63 Å². The highest BCUT2D eigenvalue weighted by atomic mass is 16.5. The molecule has 0 fully saturated rings. The van der Waals surface area contributed by atoms with Crippen LogP contribution in [0.4, 0.5) is 0 Å². The van der Waals surface area contributed by atoms with Crippen LogP contribution in [0.25, 0.3) is 0 Å². The molecule has 0 aliphatic rings.